The summed E-state index contributed by atoms with van der Waals surface area (Å²) in [7, 11) is 0. The number of para-hydroxylation sites is 2. The molecular formula is C20H29N4O4S+. The van der Waals surface area contributed by atoms with Gasteiger partial charge in [0, 0.05) is 13.1 Å². The summed E-state index contributed by atoms with van der Waals surface area (Å²) >= 11 is 1.01. The molecular weight excluding hydrogens is 392 g/mol. The smallest absolute Gasteiger partial charge is 0.288 e. The summed E-state index contributed by atoms with van der Waals surface area (Å²) in [5.74, 6) is 0.865. The van der Waals surface area contributed by atoms with E-state index >= 15 is 0 Å². The fourth-order valence-electron chi connectivity index (χ4n) is 3.69. The van der Waals surface area contributed by atoms with Crippen molar-refractivity contribution in [2.75, 3.05) is 56.5 Å². The van der Waals surface area contributed by atoms with Crippen LogP contribution in [-0.4, -0.2) is 79.6 Å². The van der Waals surface area contributed by atoms with Crippen molar-refractivity contribution in [3.05, 3.63) is 24.3 Å². The Morgan fingerprint density at radius 1 is 1.28 bits per heavy atom. The average molecular weight is 422 g/mol. The van der Waals surface area contributed by atoms with Crippen LogP contribution in [0.4, 0.5) is 10.5 Å². The van der Waals surface area contributed by atoms with Crippen molar-refractivity contribution in [2.45, 2.75) is 19.9 Å². The largest absolute Gasteiger partial charge is 0.492 e. The molecule has 3 amide bonds. The molecule has 2 N–H and O–H groups in total. The Hall–Kier alpha value is -2.26. The number of carbonyl (C=O) groups excluding carboxylic acids is 3. The maximum absolute atomic E-state index is 12.5. The van der Waals surface area contributed by atoms with E-state index in [9.17, 15) is 14.4 Å². The first-order chi connectivity index (χ1) is 14.0. The zero-order valence-electron chi connectivity index (χ0n) is 17.0. The standard InChI is InChI=1S/C20H28N4O4S/c1-3-28-17-7-5-4-6-16(17)23-12-10-22(11-13-23)15(2)19(26)21-8-9-24-18(25)14-29-20(24)27/h4-7,15H,3,8-14H2,1-2H3,(H,21,26)/p+1/t15-/m1/s1. The highest BCUT2D eigenvalue weighted by atomic mass is 32.2. The molecule has 158 valence electrons. The third kappa shape index (κ3) is 5.22. The van der Waals surface area contributed by atoms with E-state index in [1.165, 1.54) is 9.80 Å². The third-order valence-corrected chi connectivity index (χ3v) is 6.25. The first kappa shape index (κ1) is 21.4. The van der Waals surface area contributed by atoms with E-state index in [0.29, 0.717) is 13.2 Å². The van der Waals surface area contributed by atoms with E-state index < -0.39 is 0 Å². The molecule has 2 fully saturated rings. The monoisotopic (exact) mass is 421 g/mol. The number of anilines is 1. The second-order valence-corrected chi connectivity index (χ2v) is 8.09. The van der Waals surface area contributed by atoms with Crippen molar-refractivity contribution < 1.29 is 24.0 Å². The van der Waals surface area contributed by atoms with Crippen LogP contribution in [0.1, 0.15) is 13.8 Å². The van der Waals surface area contributed by atoms with Gasteiger partial charge in [-0.25, -0.2) is 0 Å². The zero-order valence-corrected chi connectivity index (χ0v) is 17.8. The number of nitrogens with zero attached hydrogens (tertiary/aromatic N) is 2. The lowest BCUT2D eigenvalue weighted by molar-refractivity contribution is -0.914. The second-order valence-electron chi connectivity index (χ2n) is 7.16. The summed E-state index contributed by atoms with van der Waals surface area (Å²) in [6.07, 6.45) is 0. The Bertz CT molecular complexity index is 736. The predicted molar refractivity (Wildman–Crippen MR) is 113 cm³/mol. The van der Waals surface area contributed by atoms with Crippen LogP contribution in [0.5, 0.6) is 5.75 Å². The molecule has 9 heteroatoms. The molecule has 2 aliphatic rings. The molecule has 0 aromatic heterocycles. The molecule has 0 unspecified atom stereocenters. The van der Waals surface area contributed by atoms with Crippen LogP contribution in [-0.2, 0) is 9.59 Å². The van der Waals surface area contributed by atoms with E-state index in [2.05, 4.69) is 16.3 Å². The van der Waals surface area contributed by atoms with Crippen molar-refractivity contribution >= 4 is 34.5 Å². The first-order valence-corrected chi connectivity index (χ1v) is 11.1. The van der Waals surface area contributed by atoms with Gasteiger partial charge in [-0.2, -0.15) is 0 Å². The Balaban J connectivity index is 1.46. The summed E-state index contributed by atoms with van der Waals surface area (Å²) in [5, 5.41) is 2.64. The summed E-state index contributed by atoms with van der Waals surface area (Å²) < 4.78 is 5.74. The zero-order chi connectivity index (χ0) is 20.8. The lowest BCUT2D eigenvalue weighted by Gasteiger charge is -2.36. The molecule has 0 saturated carbocycles. The van der Waals surface area contributed by atoms with Crippen molar-refractivity contribution in [1.29, 1.82) is 0 Å². The lowest BCUT2D eigenvalue weighted by Crippen LogP contribution is -3.19. The quantitative estimate of drug-likeness (QED) is 0.614. The fourth-order valence-corrected chi connectivity index (χ4v) is 4.44. The van der Waals surface area contributed by atoms with Gasteiger partial charge < -0.3 is 19.9 Å². The van der Waals surface area contributed by atoms with Crippen LogP contribution < -0.4 is 19.9 Å². The van der Waals surface area contributed by atoms with Crippen molar-refractivity contribution in [1.82, 2.24) is 10.2 Å². The maximum Gasteiger partial charge on any atom is 0.288 e. The summed E-state index contributed by atoms with van der Waals surface area (Å²) in [6.45, 7) is 8.49. The molecule has 1 aromatic carbocycles. The third-order valence-electron chi connectivity index (χ3n) is 5.39. The molecule has 3 rings (SSSR count). The van der Waals surface area contributed by atoms with Gasteiger partial charge in [-0.1, -0.05) is 23.9 Å². The maximum atomic E-state index is 12.5. The predicted octanol–water partition coefficient (Wildman–Crippen LogP) is -0.00970. The molecule has 0 aliphatic carbocycles. The molecule has 1 aromatic rings. The number of ether oxygens (including phenoxy) is 1. The number of hydrogen-bond acceptors (Lipinski definition) is 6. The number of carbonyl (C=O) groups is 3. The number of quaternary nitrogens is 1. The van der Waals surface area contributed by atoms with Crippen LogP contribution >= 0.6 is 11.8 Å². The molecule has 8 nitrogen and oxygen atoms in total. The van der Waals surface area contributed by atoms with E-state index in [1.807, 2.05) is 32.0 Å². The first-order valence-electron chi connectivity index (χ1n) is 10.1. The molecule has 1 atom stereocenters. The highest BCUT2D eigenvalue weighted by molar-refractivity contribution is 8.14. The Morgan fingerprint density at radius 2 is 2.00 bits per heavy atom. The van der Waals surface area contributed by atoms with Crippen LogP contribution in [0.2, 0.25) is 0 Å². The molecule has 2 saturated heterocycles. The summed E-state index contributed by atoms with van der Waals surface area (Å²) in [4.78, 5) is 40.5. The average Bonchev–Trinajstić information content (AvgIpc) is 3.06. The normalized spacial score (nSPS) is 18.8. The summed E-state index contributed by atoms with van der Waals surface area (Å²) in [6, 6.07) is 7.87. The van der Waals surface area contributed by atoms with Gasteiger partial charge in [-0.05, 0) is 26.0 Å². The topological polar surface area (TPSA) is 83.4 Å². The number of benzene rings is 1. The molecule has 29 heavy (non-hydrogen) atoms. The molecule has 2 aliphatic heterocycles. The SMILES string of the molecule is CCOc1ccccc1N1CC[NH+]([C@H](C)C(=O)NCCN2C(=O)CSC2=O)CC1. The highest BCUT2D eigenvalue weighted by Crippen LogP contribution is 2.27. The Kier molecular flexibility index (Phi) is 7.38. The Morgan fingerprint density at radius 3 is 2.66 bits per heavy atom. The number of amides is 3. The lowest BCUT2D eigenvalue weighted by atomic mass is 10.2. The van der Waals surface area contributed by atoms with Gasteiger partial charge in [0.1, 0.15) is 5.75 Å². The van der Waals surface area contributed by atoms with Gasteiger partial charge in [0.25, 0.3) is 11.1 Å². The van der Waals surface area contributed by atoms with Crippen LogP contribution in [0.15, 0.2) is 24.3 Å². The number of nitrogens with one attached hydrogen (secondary N) is 2. The highest BCUT2D eigenvalue weighted by Gasteiger charge is 2.31. The number of piperazine rings is 1. The minimum Gasteiger partial charge on any atom is -0.492 e. The van der Waals surface area contributed by atoms with Crippen LogP contribution in [0.3, 0.4) is 0 Å². The number of hydrogen-bond donors (Lipinski definition) is 2. The van der Waals surface area contributed by atoms with E-state index in [4.69, 9.17) is 4.74 Å². The Labute approximate surface area is 175 Å². The van der Waals surface area contributed by atoms with Gasteiger partial charge in [-0.15, -0.1) is 0 Å². The van der Waals surface area contributed by atoms with E-state index in [0.717, 1.165) is 49.4 Å². The van der Waals surface area contributed by atoms with Crippen molar-refractivity contribution in [3.63, 3.8) is 0 Å². The van der Waals surface area contributed by atoms with Gasteiger partial charge in [0.15, 0.2) is 6.04 Å². The summed E-state index contributed by atoms with van der Waals surface area (Å²) in [5.41, 5.74) is 1.10. The van der Waals surface area contributed by atoms with Crippen LogP contribution in [0, 0.1) is 0 Å². The van der Waals surface area contributed by atoms with Gasteiger partial charge >= 0.3 is 0 Å². The number of rotatable bonds is 8. The molecule has 2 heterocycles. The fraction of sp³-hybridized carbons (Fsp3) is 0.550. The van der Waals surface area contributed by atoms with Gasteiger partial charge in [0.05, 0.1) is 44.2 Å². The second kappa shape index (κ2) is 9.98. The number of thioether (sulfide) groups is 1. The van der Waals surface area contributed by atoms with Gasteiger partial charge in [0.2, 0.25) is 5.91 Å². The molecule has 0 spiro atoms. The number of imide groups is 1. The van der Waals surface area contributed by atoms with Crippen LogP contribution in [0.25, 0.3) is 0 Å². The van der Waals surface area contributed by atoms with E-state index in [1.54, 1.807) is 0 Å². The minimum atomic E-state index is -0.230. The molecule has 0 bridgehead atoms. The van der Waals surface area contributed by atoms with Crippen molar-refractivity contribution in [2.24, 2.45) is 0 Å². The van der Waals surface area contributed by atoms with Gasteiger partial charge in [-0.3, -0.25) is 19.3 Å². The van der Waals surface area contributed by atoms with Crippen molar-refractivity contribution in [3.8, 4) is 5.75 Å². The minimum absolute atomic E-state index is 0.0464. The van der Waals surface area contributed by atoms with E-state index in [-0.39, 0.29) is 35.4 Å². The molecule has 0 radical (unpaired) electrons.